The van der Waals surface area contributed by atoms with E-state index in [0.29, 0.717) is 5.71 Å². The molecule has 0 saturated heterocycles. The van der Waals surface area contributed by atoms with Gasteiger partial charge in [-0.05, 0) is 13.8 Å². The van der Waals surface area contributed by atoms with Gasteiger partial charge in [-0.15, -0.1) is 0 Å². The Balaban J connectivity index is 3.24. The van der Waals surface area contributed by atoms with Crippen molar-refractivity contribution in [3.63, 3.8) is 0 Å². The molecule has 0 aliphatic carbocycles. The molecule has 48 valence electrons. The Kier molecular flexibility index (Phi) is 3.44. The van der Waals surface area contributed by atoms with Gasteiger partial charge in [-0.25, -0.2) is 0 Å². The van der Waals surface area contributed by atoms with Crippen molar-refractivity contribution >= 4 is 5.71 Å². The number of methoxy groups -OCH3 is 1. The molecule has 0 aliphatic rings. The van der Waals surface area contributed by atoms with Gasteiger partial charge in [-0.2, -0.15) is 0 Å². The highest BCUT2D eigenvalue weighted by atomic mass is 16.5. The molecular formula is C6H13NO. The Hall–Kier alpha value is -0.370. The van der Waals surface area contributed by atoms with Crippen molar-refractivity contribution in [2.45, 2.75) is 26.4 Å². The smallest absolute Gasteiger partial charge is 0.0595 e. The van der Waals surface area contributed by atoms with Gasteiger partial charge in [0.05, 0.1) is 6.10 Å². The van der Waals surface area contributed by atoms with Crippen LogP contribution in [-0.4, -0.2) is 18.9 Å². The molecule has 0 bridgehead atoms. The van der Waals surface area contributed by atoms with Crippen LogP contribution in [0.25, 0.3) is 0 Å². The van der Waals surface area contributed by atoms with Crippen LogP contribution in [-0.2, 0) is 4.74 Å². The van der Waals surface area contributed by atoms with E-state index in [2.05, 4.69) is 0 Å². The molecule has 0 amide bonds. The summed E-state index contributed by atoms with van der Waals surface area (Å²) in [5, 5.41) is 7.05. The van der Waals surface area contributed by atoms with Gasteiger partial charge in [0.1, 0.15) is 0 Å². The van der Waals surface area contributed by atoms with E-state index in [1.807, 2.05) is 6.92 Å². The molecule has 0 rings (SSSR count). The molecule has 0 saturated carbocycles. The van der Waals surface area contributed by atoms with Crippen LogP contribution >= 0.6 is 0 Å². The summed E-state index contributed by atoms with van der Waals surface area (Å²) in [5.74, 6) is 0. The highest BCUT2D eigenvalue weighted by Crippen LogP contribution is 1.94. The normalized spacial score (nSPS) is 13.4. The molecule has 0 spiro atoms. The number of hydrogen-bond acceptors (Lipinski definition) is 2. The molecule has 1 unspecified atom stereocenters. The lowest BCUT2D eigenvalue weighted by atomic mass is 10.2. The van der Waals surface area contributed by atoms with Crippen molar-refractivity contribution in [3.05, 3.63) is 0 Å². The molecule has 1 N–H and O–H groups in total. The summed E-state index contributed by atoms with van der Waals surface area (Å²) < 4.78 is 4.92. The second kappa shape index (κ2) is 3.61. The van der Waals surface area contributed by atoms with Crippen molar-refractivity contribution in [2.24, 2.45) is 0 Å². The average Bonchev–Trinajstić information content (AvgIpc) is 1.65. The molecule has 0 aromatic rings. The first-order valence-electron chi connectivity index (χ1n) is 2.73. The molecule has 0 radical (unpaired) electrons. The lowest BCUT2D eigenvalue weighted by molar-refractivity contribution is 0.124. The van der Waals surface area contributed by atoms with Crippen LogP contribution in [0.15, 0.2) is 0 Å². The van der Waals surface area contributed by atoms with Crippen molar-refractivity contribution in [1.29, 1.82) is 5.41 Å². The van der Waals surface area contributed by atoms with Crippen LogP contribution in [0.3, 0.4) is 0 Å². The minimum atomic E-state index is 0.201. The van der Waals surface area contributed by atoms with Crippen LogP contribution in [0.2, 0.25) is 0 Å². The summed E-state index contributed by atoms with van der Waals surface area (Å²) in [6.45, 7) is 3.74. The van der Waals surface area contributed by atoms with Gasteiger partial charge in [0.25, 0.3) is 0 Å². The third kappa shape index (κ3) is 3.81. The first-order valence-corrected chi connectivity index (χ1v) is 2.73. The molecule has 0 aromatic heterocycles. The van der Waals surface area contributed by atoms with Gasteiger partial charge >= 0.3 is 0 Å². The van der Waals surface area contributed by atoms with Crippen LogP contribution in [0.4, 0.5) is 0 Å². The standard InChI is InChI=1S/C6H13NO/c1-5(7)4-6(2)8-3/h6-7H,4H2,1-3H3. The van der Waals surface area contributed by atoms with Crippen molar-refractivity contribution in [3.8, 4) is 0 Å². The summed E-state index contributed by atoms with van der Waals surface area (Å²) in [4.78, 5) is 0. The quantitative estimate of drug-likeness (QED) is 0.555. The number of hydrogen-bond donors (Lipinski definition) is 1. The molecular weight excluding hydrogens is 102 g/mol. The fourth-order valence-corrected chi connectivity index (χ4v) is 0.515. The van der Waals surface area contributed by atoms with E-state index in [1.165, 1.54) is 0 Å². The first-order chi connectivity index (χ1) is 3.66. The molecule has 2 heteroatoms. The second-order valence-electron chi connectivity index (χ2n) is 2.03. The minimum absolute atomic E-state index is 0.201. The predicted octanol–water partition coefficient (Wildman–Crippen LogP) is 1.45. The maximum Gasteiger partial charge on any atom is 0.0595 e. The van der Waals surface area contributed by atoms with Crippen LogP contribution in [0, 0.1) is 5.41 Å². The van der Waals surface area contributed by atoms with E-state index in [9.17, 15) is 0 Å². The zero-order valence-electron chi connectivity index (χ0n) is 5.69. The molecule has 0 aromatic carbocycles. The van der Waals surface area contributed by atoms with E-state index in [0.717, 1.165) is 6.42 Å². The van der Waals surface area contributed by atoms with Gasteiger partial charge in [0.15, 0.2) is 0 Å². The van der Waals surface area contributed by atoms with Crippen molar-refractivity contribution in [2.75, 3.05) is 7.11 Å². The molecule has 0 aliphatic heterocycles. The predicted molar refractivity (Wildman–Crippen MR) is 34.5 cm³/mol. The van der Waals surface area contributed by atoms with Gasteiger partial charge in [-0.1, -0.05) is 0 Å². The Morgan fingerprint density at radius 2 is 2.25 bits per heavy atom. The third-order valence-electron chi connectivity index (χ3n) is 0.996. The zero-order valence-corrected chi connectivity index (χ0v) is 5.69. The lowest BCUT2D eigenvalue weighted by Gasteiger charge is -2.05. The van der Waals surface area contributed by atoms with Gasteiger partial charge in [-0.3, -0.25) is 0 Å². The Morgan fingerprint density at radius 1 is 1.75 bits per heavy atom. The monoisotopic (exact) mass is 115 g/mol. The molecule has 0 heterocycles. The Morgan fingerprint density at radius 3 is 2.38 bits per heavy atom. The fourth-order valence-electron chi connectivity index (χ4n) is 0.515. The lowest BCUT2D eigenvalue weighted by Crippen LogP contribution is -2.08. The van der Waals surface area contributed by atoms with Crippen LogP contribution in [0.1, 0.15) is 20.3 Å². The highest BCUT2D eigenvalue weighted by Gasteiger charge is 1.97. The number of ether oxygens (including phenoxy) is 1. The summed E-state index contributed by atoms with van der Waals surface area (Å²) in [6.07, 6.45) is 0.948. The highest BCUT2D eigenvalue weighted by molar-refractivity contribution is 5.78. The number of nitrogens with one attached hydrogen (secondary N) is 1. The largest absolute Gasteiger partial charge is 0.381 e. The minimum Gasteiger partial charge on any atom is -0.381 e. The zero-order chi connectivity index (χ0) is 6.57. The Bertz CT molecular complexity index is 80.6. The van der Waals surface area contributed by atoms with Gasteiger partial charge in [0.2, 0.25) is 0 Å². The molecule has 8 heavy (non-hydrogen) atoms. The molecule has 1 atom stereocenters. The van der Waals surface area contributed by atoms with Gasteiger partial charge in [0, 0.05) is 19.2 Å². The second-order valence-corrected chi connectivity index (χ2v) is 2.03. The first kappa shape index (κ1) is 7.63. The van der Waals surface area contributed by atoms with E-state index in [4.69, 9.17) is 10.1 Å². The fraction of sp³-hybridized carbons (Fsp3) is 0.833. The maximum absolute atomic E-state index is 7.05. The summed E-state index contributed by atoms with van der Waals surface area (Å²) in [7, 11) is 1.66. The summed E-state index contributed by atoms with van der Waals surface area (Å²) in [6, 6.07) is 0. The van der Waals surface area contributed by atoms with E-state index in [-0.39, 0.29) is 6.10 Å². The summed E-state index contributed by atoms with van der Waals surface area (Å²) >= 11 is 0. The topological polar surface area (TPSA) is 33.1 Å². The SMILES string of the molecule is COC(C)CC(C)=N. The van der Waals surface area contributed by atoms with E-state index < -0.39 is 0 Å². The molecule has 0 fully saturated rings. The Labute approximate surface area is 50.4 Å². The maximum atomic E-state index is 7.05. The summed E-state index contributed by atoms with van der Waals surface area (Å²) in [5.41, 5.74) is 0.680. The van der Waals surface area contributed by atoms with E-state index in [1.54, 1.807) is 14.0 Å². The van der Waals surface area contributed by atoms with Crippen LogP contribution < -0.4 is 0 Å². The number of rotatable bonds is 3. The van der Waals surface area contributed by atoms with Gasteiger partial charge < -0.3 is 10.1 Å². The average molecular weight is 115 g/mol. The third-order valence-corrected chi connectivity index (χ3v) is 0.996. The van der Waals surface area contributed by atoms with Crippen molar-refractivity contribution in [1.82, 2.24) is 0 Å². The molecule has 2 nitrogen and oxygen atoms in total. The van der Waals surface area contributed by atoms with Crippen molar-refractivity contribution < 1.29 is 4.74 Å². The van der Waals surface area contributed by atoms with E-state index >= 15 is 0 Å². The van der Waals surface area contributed by atoms with Crippen LogP contribution in [0.5, 0.6) is 0 Å².